The van der Waals surface area contributed by atoms with Gasteiger partial charge in [0.15, 0.2) is 0 Å². The van der Waals surface area contributed by atoms with Crippen LogP contribution in [0.15, 0.2) is 64.6 Å². The highest BCUT2D eigenvalue weighted by Gasteiger charge is 2.31. The Kier molecular flexibility index (Phi) is 5.27. The number of aryl methyl sites for hydroxylation is 1. The minimum Gasteiger partial charge on any atom is -0.348 e. The lowest BCUT2D eigenvalue weighted by atomic mass is 9.99. The lowest BCUT2D eigenvalue weighted by Crippen LogP contribution is -2.42. The van der Waals surface area contributed by atoms with Crippen LogP contribution in [0.25, 0.3) is 0 Å². The van der Waals surface area contributed by atoms with Crippen molar-refractivity contribution in [3.8, 4) is 0 Å². The molecule has 1 aromatic carbocycles. The van der Waals surface area contributed by atoms with Crippen molar-refractivity contribution in [2.45, 2.75) is 31.8 Å². The number of halogens is 1. The van der Waals surface area contributed by atoms with E-state index in [2.05, 4.69) is 80.1 Å². The van der Waals surface area contributed by atoms with Crippen molar-refractivity contribution in [3.63, 3.8) is 0 Å². The summed E-state index contributed by atoms with van der Waals surface area (Å²) in [6.07, 6.45) is 4.56. The highest BCUT2D eigenvalue weighted by atomic mass is 79.9. The van der Waals surface area contributed by atoms with Gasteiger partial charge >= 0.3 is 0 Å². The smallest absolute Gasteiger partial charge is 0.223 e. The molecule has 5 heteroatoms. The quantitative estimate of drug-likeness (QED) is 0.543. The second kappa shape index (κ2) is 7.80. The molecule has 0 spiro atoms. The Hall–Kier alpha value is -1.85. The number of hydrogen-bond donors (Lipinski definition) is 0. The van der Waals surface area contributed by atoms with Crippen LogP contribution in [0.3, 0.4) is 0 Å². The van der Waals surface area contributed by atoms with E-state index in [0.717, 1.165) is 29.7 Å². The number of nitrogens with zero attached hydrogens (tertiary/aromatic N) is 2. The maximum absolute atomic E-state index is 13.0. The summed E-state index contributed by atoms with van der Waals surface area (Å²) in [5.74, 6) is 0.252. The molecule has 1 aliphatic heterocycles. The number of aromatic nitrogens is 1. The van der Waals surface area contributed by atoms with Crippen molar-refractivity contribution >= 4 is 33.2 Å². The predicted molar refractivity (Wildman–Crippen MR) is 109 cm³/mol. The Morgan fingerprint density at radius 1 is 1.08 bits per heavy atom. The molecule has 0 bridgehead atoms. The molecule has 0 fully saturated rings. The van der Waals surface area contributed by atoms with E-state index in [4.69, 9.17) is 0 Å². The van der Waals surface area contributed by atoms with Gasteiger partial charge in [-0.3, -0.25) is 4.79 Å². The third kappa shape index (κ3) is 3.64. The van der Waals surface area contributed by atoms with E-state index < -0.39 is 0 Å². The molecule has 0 radical (unpaired) electrons. The third-order valence-electron chi connectivity index (χ3n) is 4.92. The van der Waals surface area contributed by atoms with Crippen LogP contribution in [-0.2, 0) is 17.8 Å². The second-order valence-electron chi connectivity index (χ2n) is 6.59. The van der Waals surface area contributed by atoms with Gasteiger partial charge in [0.1, 0.15) is 0 Å². The highest BCUT2D eigenvalue weighted by molar-refractivity contribution is 9.11. The van der Waals surface area contributed by atoms with Gasteiger partial charge in [-0.05, 0) is 58.6 Å². The summed E-state index contributed by atoms with van der Waals surface area (Å²) >= 11 is 5.25. The fraction of sp³-hybridized carbons (Fsp3) is 0.286. The normalized spacial score (nSPS) is 16.5. The molecule has 0 saturated carbocycles. The molecule has 0 aliphatic carbocycles. The first kappa shape index (κ1) is 17.6. The van der Waals surface area contributed by atoms with Gasteiger partial charge in [-0.2, -0.15) is 0 Å². The van der Waals surface area contributed by atoms with E-state index in [1.807, 2.05) is 6.07 Å². The van der Waals surface area contributed by atoms with Gasteiger partial charge < -0.3 is 9.47 Å². The van der Waals surface area contributed by atoms with Crippen LogP contribution in [0.4, 0.5) is 0 Å². The van der Waals surface area contributed by atoms with E-state index >= 15 is 0 Å². The number of rotatable bonds is 5. The lowest BCUT2D eigenvalue weighted by Gasteiger charge is -2.37. The third-order valence-corrected chi connectivity index (χ3v) is 6.60. The van der Waals surface area contributed by atoms with Crippen LogP contribution in [0.5, 0.6) is 0 Å². The van der Waals surface area contributed by atoms with Gasteiger partial charge in [-0.1, -0.05) is 30.3 Å². The Bertz CT molecular complexity index is 886. The Labute approximate surface area is 166 Å². The molecule has 3 nitrogen and oxygen atoms in total. The van der Waals surface area contributed by atoms with E-state index in [0.29, 0.717) is 6.42 Å². The Morgan fingerprint density at radius 2 is 1.92 bits per heavy atom. The lowest BCUT2D eigenvalue weighted by molar-refractivity contribution is -0.134. The minimum absolute atomic E-state index is 0.0170. The summed E-state index contributed by atoms with van der Waals surface area (Å²) in [5, 5.41) is 0. The van der Waals surface area contributed by atoms with Crippen LogP contribution >= 0.6 is 27.3 Å². The summed E-state index contributed by atoms with van der Waals surface area (Å²) < 4.78 is 3.42. The summed E-state index contributed by atoms with van der Waals surface area (Å²) in [6.45, 7) is 1.64. The van der Waals surface area contributed by atoms with Crippen LogP contribution in [0.2, 0.25) is 0 Å². The molecular formula is C21H21BrN2OS. The van der Waals surface area contributed by atoms with Crippen molar-refractivity contribution < 1.29 is 4.79 Å². The van der Waals surface area contributed by atoms with E-state index in [1.54, 1.807) is 11.3 Å². The van der Waals surface area contributed by atoms with Crippen LogP contribution < -0.4 is 0 Å². The number of thiophene rings is 1. The average Bonchev–Trinajstić information content (AvgIpc) is 3.30. The molecular weight excluding hydrogens is 408 g/mol. The molecule has 1 unspecified atom stereocenters. The summed E-state index contributed by atoms with van der Waals surface area (Å²) in [5.41, 5.74) is 2.39. The fourth-order valence-electron chi connectivity index (χ4n) is 3.68. The SMILES string of the molecule is O=C(CCCc1ccc(Br)s1)N1CCn2cccc2C1c1ccccc1. The van der Waals surface area contributed by atoms with Crippen LogP contribution in [0.1, 0.15) is 35.0 Å². The molecule has 2 aromatic heterocycles. The van der Waals surface area contributed by atoms with Crippen molar-refractivity contribution in [3.05, 3.63) is 80.7 Å². The topological polar surface area (TPSA) is 25.2 Å². The fourth-order valence-corrected chi connectivity index (χ4v) is 5.21. The van der Waals surface area contributed by atoms with Gasteiger partial charge in [0.25, 0.3) is 0 Å². The number of carbonyl (C=O) groups is 1. The first-order chi connectivity index (χ1) is 12.7. The van der Waals surface area contributed by atoms with Gasteiger partial charge in [-0.25, -0.2) is 0 Å². The van der Waals surface area contributed by atoms with Crippen molar-refractivity contribution in [1.29, 1.82) is 0 Å². The van der Waals surface area contributed by atoms with Crippen LogP contribution in [0, 0.1) is 0 Å². The molecule has 3 aromatic rings. The molecule has 26 heavy (non-hydrogen) atoms. The Morgan fingerprint density at radius 3 is 2.69 bits per heavy atom. The zero-order valence-electron chi connectivity index (χ0n) is 14.5. The zero-order chi connectivity index (χ0) is 17.9. The number of amides is 1. The van der Waals surface area contributed by atoms with Gasteiger partial charge in [-0.15, -0.1) is 11.3 Å². The molecule has 1 atom stereocenters. The molecule has 134 valence electrons. The Balaban J connectivity index is 1.49. The molecule has 1 aliphatic rings. The monoisotopic (exact) mass is 428 g/mol. The van der Waals surface area contributed by atoms with Crippen molar-refractivity contribution in [2.75, 3.05) is 6.54 Å². The minimum atomic E-state index is 0.0170. The van der Waals surface area contributed by atoms with Gasteiger partial charge in [0.2, 0.25) is 5.91 Å². The summed E-state index contributed by atoms with van der Waals surface area (Å²) in [4.78, 5) is 16.4. The summed E-state index contributed by atoms with van der Waals surface area (Å²) in [7, 11) is 0. The maximum atomic E-state index is 13.0. The number of carbonyl (C=O) groups excluding carboxylic acids is 1. The number of benzene rings is 1. The molecule has 0 N–H and O–H groups in total. The molecule has 1 amide bonds. The number of fused-ring (bicyclic) bond motifs is 1. The summed E-state index contributed by atoms with van der Waals surface area (Å²) in [6, 6.07) is 18.8. The van der Waals surface area contributed by atoms with E-state index in [1.165, 1.54) is 16.1 Å². The van der Waals surface area contributed by atoms with Gasteiger partial charge in [0.05, 0.1) is 9.83 Å². The molecule has 0 saturated heterocycles. The van der Waals surface area contributed by atoms with Crippen molar-refractivity contribution in [1.82, 2.24) is 9.47 Å². The zero-order valence-corrected chi connectivity index (χ0v) is 16.9. The number of hydrogen-bond acceptors (Lipinski definition) is 2. The maximum Gasteiger partial charge on any atom is 0.223 e. The van der Waals surface area contributed by atoms with Crippen LogP contribution in [-0.4, -0.2) is 21.9 Å². The molecule has 3 heterocycles. The molecule has 4 rings (SSSR count). The predicted octanol–water partition coefficient (Wildman–Crippen LogP) is 5.27. The second-order valence-corrected chi connectivity index (χ2v) is 9.13. The first-order valence-corrected chi connectivity index (χ1v) is 10.6. The first-order valence-electron chi connectivity index (χ1n) is 8.96. The highest BCUT2D eigenvalue weighted by Crippen LogP contribution is 2.33. The largest absolute Gasteiger partial charge is 0.348 e. The van der Waals surface area contributed by atoms with E-state index in [-0.39, 0.29) is 11.9 Å². The average molecular weight is 429 g/mol. The van der Waals surface area contributed by atoms with Gasteiger partial charge in [0, 0.05) is 36.3 Å². The van der Waals surface area contributed by atoms with E-state index in [9.17, 15) is 4.79 Å². The van der Waals surface area contributed by atoms with Crippen molar-refractivity contribution in [2.24, 2.45) is 0 Å². The standard InChI is InChI=1S/C21H21BrN2OS/c22-19-12-11-17(26-19)8-4-10-20(25)24-15-14-23-13-5-9-18(23)21(24)16-6-2-1-3-7-16/h1-3,5-7,9,11-13,21H,4,8,10,14-15H2.